The lowest BCUT2D eigenvalue weighted by molar-refractivity contribution is 0.0622. The molecule has 114 valence electrons. The Morgan fingerprint density at radius 2 is 2.20 bits per heavy atom. The largest absolute Gasteiger partial charge is 0.467 e. The summed E-state index contributed by atoms with van der Waals surface area (Å²) in [5.74, 6) is 1.66. The predicted octanol–water partition coefficient (Wildman–Crippen LogP) is 2.52. The molecule has 0 atom stereocenters. The molecular formula is C14H24IN3O2. The molecular weight excluding hydrogens is 369 g/mol. The molecule has 1 aromatic rings. The minimum Gasteiger partial charge on any atom is -0.467 e. The third-order valence-electron chi connectivity index (χ3n) is 3.28. The van der Waals surface area contributed by atoms with Gasteiger partial charge in [-0.1, -0.05) is 12.8 Å². The summed E-state index contributed by atoms with van der Waals surface area (Å²) in [6.07, 6.45) is 7.19. The number of nitrogens with one attached hydrogen (secondary N) is 2. The van der Waals surface area contributed by atoms with Gasteiger partial charge in [0.05, 0.1) is 25.5 Å². The van der Waals surface area contributed by atoms with E-state index in [2.05, 4.69) is 15.6 Å². The monoisotopic (exact) mass is 393 g/mol. The summed E-state index contributed by atoms with van der Waals surface area (Å²) in [6.45, 7) is 2.14. The Balaban J connectivity index is 0.00000200. The van der Waals surface area contributed by atoms with Gasteiger partial charge >= 0.3 is 0 Å². The number of hydrogen-bond acceptors (Lipinski definition) is 3. The van der Waals surface area contributed by atoms with Crippen LogP contribution in [0.4, 0.5) is 0 Å². The number of nitrogens with zero attached hydrogens (tertiary/aromatic N) is 1. The number of hydrogen-bond donors (Lipinski definition) is 2. The molecule has 1 aliphatic carbocycles. The van der Waals surface area contributed by atoms with Gasteiger partial charge in [-0.05, 0) is 25.0 Å². The van der Waals surface area contributed by atoms with E-state index in [1.807, 2.05) is 12.1 Å². The first kappa shape index (κ1) is 17.3. The van der Waals surface area contributed by atoms with E-state index in [1.54, 1.807) is 13.3 Å². The van der Waals surface area contributed by atoms with E-state index in [0.717, 1.165) is 24.9 Å². The molecule has 0 aromatic carbocycles. The predicted molar refractivity (Wildman–Crippen MR) is 90.5 cm³/mol. The number of halogens is 1. The average Bonchev–Trinajstić information content (AvgIpc) is 3.11. The van der Waals surface area contributed by atoms with Crippen molar-refractivity contribution in [3.05, 3.63) is 24.2 Å². The molecule has 0 amide bonds. The zero-order valence-corrected chi connectivity index (χ0v) is 14.3. The lowest BCUT2D eigenvalue weighted by Gasteiger charge is -2.13. The van der Waals surface area contributed by atoms with Gasteiger partial charge in [0.15, 0.2) is 5.96 Å². The van der Waals surface area contributed by atoms with Crippen LogP contribution in [0.15, 0.2) is 27.8 Å². The van der Waals surface area contributed by atoms with Crippen LogP contribution in [0, 0.1) is 0 Å². The van der Waals surface area contributed by atoms with E-state index in [-0.39, 0.29) is 24.0 Å². The molecule has 0 saturated heterocycles. The van der Waals surface area contributed by atoms with Crippen molar-refractivity contribution in [2.24, 2.45) is 4.99 Å². The fourth-order valence-corrected chi connectivity index (χ4v) is 2.25. The molecule has 20 heavy (non-hydrogen) atoms. The molecule has 2 rings (SSSR count). The Bertz CT molecular complexity index is 376. The molecule has 1 aliphatic rings. The van der Waals surface area contributed by atoms with E-state index >= 15 is 0 Å². The van der Waals surface area contributed by atoms with Crippen molar-refractivity contribution in [2.45, 2.75) is 38.3 Å². The Hall–Kier alpha value is -0.760. The quantitative estimate of drug-likeness (QED) is 0.338. The minimum absolute atomic E-state index is 0. The highest BCUT2D eigenvalue weighted by atomic mass is 127. The third-order valence-corrected chi connectivity index (χ3v) is 3.28. The van der Waals surface area contributed by atoms with Crippen LogP contribution >= 0.6 is 24.0 Å². The maximum absolute atomic E-state index is 5.78. The lowest BCUT2D eigenvalue weighted by Crippen LogP contribution is -2.38. The number of ether oxygens (including phenoxy) is 1. The van der Waals surface area contributed by atoms with Crippen LogP contribution in [0.5, 0.6) is 0 Å². The topological polar surface area (TPSA) is 58.8 Å². The van der Waals surface area contributed by atoms with Crippen LogP contribution in [0.1, 0.15) is 31.4 Å². The highest BCUT2D eigenvalue weighted by molar-refractivity contribution is 14.0. The Labute approximate surface area is 137 Å². The van der Waals surface area contributed by atoms with Crippen molar-refractivity contribution in [1.82, 2.24) is 10.6 Å². The molecule has 0 spiro atoms. The maximum Gasteiger partial charge on any atom is 0.191 e. The summed E-state index contributed by atoms with van der Waals surface area (Å²) >= 11 is 0. The van der Waals surface area contributed by atoms with E-state index in [4.69, 9.17) is 9.15 Å². The van der Waals surface area contributed by atoms with Gasteiger partial charge in [0.2, 0.25) is 0 Å². The van der Waals surface area contributed by atoms with Crippen LogP contribution in [0.3, 0.4) is 0 Å². The Morgan fingerprint density at radius 3 is 2.85 bits per heavy atom. The highest BCUT2D eigenvalue weighted by Gasteiger charge is 2.14. The Kier molecular flexibility index (Phi) is 8.68. The van der Waals surface area contributed by atoms with Gasteiger partial charge in [-0.3, -0.25) is 4.99 Å². The molecule has 0 unspecified atom stereocenters. The molecule has 1 saturated carbocycles. The first-order valence-corrected chi connectivity index (χ1v) is 6.97. The van der Waals surface area contributed by atoms with Gasteiger partial charge in [0.1, 0.15) is 5.76 Å². The second kappa shape index (κ2) is 10.0. The van der Waals surface area contributed by atoms with E-state index in [0.29, 0.717) is 12.6 Å². The zero-order chi connectivity index (χ0) is 13.3. The van der Waals surface area contributed by atoms with Gasteiger partial charge in [-0.15, -0.1) is 24.0 Å². The SMILES string of the molecule is CN=C(NCCOC1CCCC1)NCc1ccco1.I. The molecule has 1 aromatic heterocycles. The first-order valence-electron chi connectivity index (χ1n) is 6.97. The van der Waals surface area contributed by atoms with Crippen molar-refractivity contribution in [3.8, 4) is 0 Å². The molecule has 1 fully saturated rings. The maximum atomic E-state index is 5.78. The fourth-order valence-electron chi connectivity index (χ4n) is 2.25. The molecule has 0 bridgehead atoms. The smallest absolute Gasteiger partial charge is 0.191 e. The summed E-state index contributed by atoms with van der Waals surface area (Å²) in [5.41, 5.74) is 0. The van der Waals surface area contributed by atoms with Crippen LogP contribution in [-0.2, 0) is 11.3 Å². The van der Waals surface area contributed by atoms with Gasteiger partial charge in [-0.2, -0.15) is 0 Å². The van der Waals surface area contributed by atoms with E-state index in [1.165, 1.54) is 25.7 Å². The molecule has 0 radical (unpaired) electrons. The van der Waals surface area contributed by atoms with Crippen molar-refractivity contribution < 1.29 is 9.15 Å². The number of guanidine groups is 1. The average molecular weight is 393 g/mol. The van der Waals surface area contributed by atoms with E-state index < -0.39 is 0 Å². The fraction of sp³-hybridized carbons (Fsp3) is 0.643. The van der Waals surface area contributed by atoms with Crippen LogP contribution in [-0.4, -0.2) is 32.3 Å². The van der Waals surface area contributed by atoms with Gasteiger partial charge in [0.25, 0.3) is 0 Å². The highest BCUT2D eigenvalue weighted by Crippen LogP contribution is 2.20. The molecule has 5 nitrogen and oxygen atoms in total. The molecule has 6 heteroatoms. The summed E-state index contributed by atoms with van der Waals surface area (Å²) in [7, 11) is 1.76. The normalized spacial score (nSPS) is 15.9. The Morgan fingerprint density at radius 1 is 1.40 bits per heavy atom. The summed E-state index contributed by atoms with van der Waals surface area (Å²) in [4.78, 5) is 4.15. The third kappa shape index (κ3) is 6.13. The van der Waals surface area contributed by atoms with Gasteiger partial charge < -0.3 is 19.8 Å². The van der Waals surface area contributed by atoms with Gasteiger partial charge in [0, 0.05) is 13.6 Å². The summed E-state index contributed by atoms with van der Waals surface area (Å²) < 4.78 is 11.0. The standard InChI is InChI=1S/C14H23N3O2.HI/c1-15-14(17-11-13-7-4-9-18-13)16-8-10-19-12-5-2-3-6-12;/h4,7,9,12H,2-3,5-6,8,10-11H2,1H3,(H2,15,16,17);1H. The lowest BCUT2D eigenvalue weighted by atomic mass is 10.3. The zero-order valence-electron chi connectivity index (χ0n) is 11.9. The van der Waals surface area contributed by atoms with Crippen LogP contribution < -0.4 is 10.6 Å². The van der Waals surface area contributed by atoms with Gasteiger partial charge in [-0.25, -0.2) is 0 Å². The minimum atomic E-state index is 0. The van der Waals surface area contributed by atoms with Crippen molar-refractivity contribution in [3.63, 3.8) is 0 Å². The molecule has 0 aliphatic heterocycles. The van der Waals surface area contributed by atoms with Crippen LogP contribution in [0.2, 0.25) is 0 Å². The van der Waals surface area contributed by atoms with Crippen molar-refractivity contribution in [1.29, 1.82) is 0 Å². The number of aliphatic imine (C=N–C) groups is 1. The first-order chi connectivity index (χ1) is 9.38. The summed E-state index contributed by atoms with van der Waals surface area (Å²) in [5, 5.41) is 6.42. The molecule has 2 N–H and O–H groups in total. The molecule has 1 heterocycles. The summed E-state index contributed by atoms with van der Waals surface area (Å²) in [6, 6.07) is 3.81. The van der Waals surface area contributed by atoms with Crippen molar-refractivity contribution >= 4 is 29.9 Å². The van der Waals surface area contributed by atoms with Crippen LogP contribution in [0.25, 0.3) is 0 Å². The number of rotatable bonds is 6. The second-order valence-electron chi connectivity index (χ2n) is 4.71. The number of furan rings is 1. The second-order valence-corrected chi connectivity index (χ2v) is 4.71. The van der Waals surface area contributed by atoms with Crippen molar-refractivity contribution in [2.75, 3.05) is 20.2 Å². The van der Waals surface area contributed by atoms with E-state index in [9.17, 15) is 0 Å².